The predicted octanol–water partition coefficient (Wildman–Crippen LogP) is 3.19. The molecule has 20 heavy (non-hydrogen) atoms. The first-order valence-corrected chi connectivity index (χ1v) is 6.17. The molecule has 0 aliphatic rings. The van der Waals surface area contributed by atoms with Gasteiger partial charge in [0.2, 0.25) is 0 Å². The van der Waals surface area contributed by atoms with Crippen LogP contribution in [-0.2, 0) is 0 Å². The predicted molar refractivity (Wildman–Crippen MR) is 78.6 cm³/mol. The van der Waals surface area contributed by atoms with Gasteiger partial charge in [0.25, 0.3) is 0 Å². The van der Waals surface area contributed by atoms with Crippen LogP contribution in [0.25, 0.3) is 22.4 Å². The van der Waals surface area contributed by atoms with Crippen molar-refractivity contribution in [3.63, 3.8) is 0 Å². The molecular weight excluding hydrogens is 246 g/mol. The zero-order chi connectivity index (χ0) is 13.8. The van der Waals surface area contributed by atoms with E-state index in [4.69, 9.17) is 6.42 Å². The zero-order valence-electron chi connectivity index (χ0n) is 10.7. The number of terminal acetylenes is 1. The Balaban J connectivity index is 2.24. The Kier molecular flexibility index (Phi) is 3.22. The number of hydrogen-bond acceptors (Lipinski definition) is 3. The third kappa shape index (κ3) is 2.15. The Morgan fingerprint density at radius 2 is 1.60 bits per heavy atom. The van der Waals surface area contributed by atoms with E-state index in [1.54, 1.807) is 18.6 Å². The fourth-order valence-electron chi connectivity index (χ4n) is 2.09. The molecule has 0 saturated carbocycles. The minimum Gasteiger partial charge on any atom is -0.264 e. The Bertz CT molecular complexity index is 773. The molecule has 3 heteroatoms. The van der Waals surface area contributed by atoms with Gasteiger partial charge in [0.1, 0.15) is 5.69 Å². The third-order valence-electron chi connectivity index (χ3n) is 2.98. The lowest BCUT2D eigenvalue weighted by Gasteiger charge is -2.09. The molecule has 94 valence electrons. The van der Waals surface area contributed by atoms with Crippen molar-refractivity contribution >= 4 is 0 Å². The lowest BCUT2D eigenvalue weighted by Crippen LogP contribution is -1.93. The van der Waals surface area contributed by atoms with Crippen LogP contribution in [0.1, 0.15) is 5.69 Å². The van der Waals surface area contributed by atoms with Crippen molar-refractivity contribution in [3.05, 3.63) is 66.9 Å². The van der Waals surface area contributed by atoms with Crippen LogP contribution >= 0.6 is 0 Å². The fraction of sp³-hybridized carbons (Fsp3) is 0. The second kappa shape index (κ2) is 5.33. The Morgan fingerprint density at radius 1 is 0.850 bits per heavy atom. The van der Waals surface area contributed by atoms with E-state index in [0.717, 1.165) is 22.4 Å². The summed E-state index contributed by atoms with van der Waals surface area (Å²) in [7, 11) is 0. The number of pyridine rings is 3. The van der Waals surface area contributed by atoms with Crippen molar-refractivity contribution in [2.75, 3.05) is 0 Å². The van der Waals surface area contributed by atoms with Crippen LogP contribution in [0.2, 0.25) is 0 Å². The van der Waals surface area contributed by atoms with E-state index in [2.05, 4.69) is 20.9 Å². The second-order valence-corrected chi connectivity index (χ2v) is 4.19. The maximum atomic E-state index is 5.52. The lowest BCUT2D eigenvalue weighted by atomic mass is 10.00. The lowest BCUT2D eigenvalue weighted by molar-refractivity contribution is 1.25. The summed E-state index contributed by atoms with van der Waals surface area (Å²) < 4.78 is 0. The summed E-state index contributed by atoms with van der Waals surface area (Å²) in [5.74, 6) is 2.61. The molecule has 0 saturated heterocycles. The normalized spacial score (nSPS) is 9.95. The molecule has 0 N–H and O–H groups in total. The van der Waals surface area contributed by atoms with Crippen LogP contribution in [0.15, 0.2) is 61.2 Å². The molecule has 0 aromatic carbocycles. The van der Waals surface area contributed by atoms with Crippen LogP contribution in [0, 0.1) is 12.3 Å². The Labute approximate surface area is 117 Å². The number of aromatic nitrogens is 3. The Hall–Kier alpha value is -2.99. The van der Waals surface area contributed by atoms with Gasteiger partial charge in [-0.25, -0.2) is 4.98 Å². The van der Waals surface area contributed by atoms with Crippen LogP contribution in [0.3, 0.4) is 0 Å². The first kappa shape index (κ1) is 12.1. The molecule has 0 aliphatic heterocycles. The van der Waals surface area contributed by atoms with Gasteiger partial charge in [-0.3, -0.25) is 9.97 Å². The van der Waals surface area contributed by atoms with Gasteiger partial charge in [-0.05, 0) is 30.2 Å². The molecule has 0 bridgehead atoms. The van der Waals surface area contributed by atoms with Crippen molar-refractivity contribution in [2.45, 2.75) is 0 Å². The van der Waals surface area contributed by atoms with Crippen LogP contribution in [-0.4, -0.2) is 15.0 Å². The van der Waals surface area contributed by atoms with Gasteiger partial charge < -0.3 is 0 Å². The van der Waals surface area contributed by atoms with Crippen LogP contribution < -0.4 is 0 Å². The van der Waals surface area contributed by atoms with Crippen molar-refractivity contribution in [3.8, 4) is 34.7 Å². The molecule has 0 spiro atoms. The molecule has 0 amide bonds. The van der Waals surface area contributed by atoms with Crippen LogP contribution in [0.4, 0.5) is 0 Å². The average Bonchev–Trinajstić information content (AvgIpc) is 2.55. The van der Waals surface area contributed by atoms with E-state index >= 15 is 0 Å². The standard InChI is InChI=1S/C17H11N3/c1-2-16-15(8-5-10-19-16)17-14(7-4-11-20-17)13-6-3-9-18-12-13/h1,3-12H. The van der Waals surface area contributed by atoms with Crippen molar-refractivity contribution in [2.24, 2.45) is 0 Å². The summed E-state index contributed by atoms with van der Waals surface area (Å²) in [4.78, 5) is 12.8. The van der Waals surface area contributed by atoms with Gasteiger partial charge in [0.15, 0.2) is 0 Å². The van der Waals surface area contributed by atoms with Crippen molar-refractivity contribution in [1.82, 2.24) is 15.0 Å². The first-order chi connectivity index (χ1) is 9.90. The van der Waals surface area contributed by atoms with Gasteiger partial charge >= 0.3 is 0 Å². The van der Waals surface area contributed by atoms with Gasteiger partial charge in [-0.15, -0.1) is 6.42 Å². The van der Waals surface area contributed by atoms with E-state index < -0.39 is 0 Å². The minimum absolute atomic E-state index is 0.594. The van der Waals surface area contributed by atoms with E-state index in [1.165, 1.54) is 0 Å². The summed E-state index contributed by atoms with van der Waals surface area (Å²) in [6, 6.07) is 11.6. The van der Waals surface area contributed by atoms with Gasteiger partial charge in [0, 0.05) is 41.5 Å². The van der Waals surface area contributed by atoms with Crippen LogP contribution in [0.5, 0.6) is 0 Å². The van der Waals surface area contributed by atoms with E-state index in [1.807, 2.05) is 42.6 Å². The maximum absolute atomic E-state index is 5.52. The highest BCUT2D eigenvalue weighted by molar-refractivity contribution is 5.82. The topological polar surface area (TPSA) is 38.7 Å². The molecule has 3 heterocycles. The number of rotatable bonds is 2. The highest BCUT2D eigenvalue weighted by Gasteiger charge is 2.11. The maximum Gasteiger partial charge on any atom is 0.122 e. The summed E-state index contributed by atoms with van der Waals surface area (Å²) in [5.41, 5.74) is 4.26. The summed E-state index contributed by atoms with van der Waals surface area (Å²) >= 11 is 0. The quantitative estimate of drug-likeness (QED) is 0.662. The largest absolute Gasteiger partial charge is 0.264 e. The number of nitrogens with zero attached hydrogens (tertiary/aromatic N) is 3. The molecule has 0 unspecified atom stereocenters. The average molecular weight is 257 g/mol. The first-order valence-electron chi connectivity index (χ1n) is 6.17. The highest BCUT2D eigenvalue weighted by Crippen LogP contribution is 2.30. The second-order valence-electron chi connectivity index (χ2n) is 4.19. The molecule has 3 nitrogen and oxygen atoms in total. The number of hydrogen-bond donors (Lipinski definition) is 0. The molecule has 0 radical (unpaired) electrons. The molecule has 0 fully saturated rings. The summed E-state index contributed by atoms with van der Waals surface area (Å²) in [6.07, 6.45) is 12.5. The molecule has 0 atom stereocenters. The fourth-order valence-corrected chi connectivity index (χ4v) is 2.09. The van der Waals surface area contributed by atoms with Gasteiger partial charge in [-0.1, -0.05) is 12.1 Å². The van der Waals surface area contributed by atoms with Crippen molar-refractivity contribution < 1.29 is 0 Å². The third-order valence-corrected chi connectivity index (χ3v) is 2.98. The van der Waals surface area contributed by atoms with E-state index in [-0.39, 0.29) is 0 Å². The minimum atomic E-state index is 0.594. The SMILES string of the molecule is C#Cc1ncccc1-c1ncccc1-c1cccnc1. The van der Waals surface area contributed by atoms with E-state index in [9.17, 15) is 0 Å². The molecule has 3 aromatic heterocycles. The Morgan fingerprint density at radius 3 is 2.35 bits per heavy atom. The van der Waals surface area contributed by atoms with Gasteiger partial charge in [0.05, 0.1) is 5.69 Å². The monoisotopic (exact) mass is 257 g/mol. The molecular formula is C17H11N3. The highest BCUT2D eigenvalue weighted by atomic mass is 14.7. The van der Waals surface area contributed by atoms with Gasteiger partial charge in [-0.2, -0.15) is 0 Å². The molecule has 3 aromatic rings. The van der Waals surface area contributed by atoms with Crippen molar-refractivity contribution in [1.29, 1.82) is 0 Å². The summed E-state index contributed by atoms with van der Waals surface area (Å²) in [6.45, 7) is 0. The molecule has 3 rings (SSSR count). The zero-order valence-corrected chi connectivity index (χ0v) is 10.7. The van der Waals surface area contributed by atoms with E-state index in [0.29, 0.717) is 5.69 Å². The molecule has 0 aliphatic carbocycles. The summed E-state index contributed by atoms with van der Waals surface area (Å²) in [5, 5.41) is 0. The smallest absolute Gasteiger partial charge is 0.122 e.